The highest BCUT2D eigenvalue weighted by molar-refractivity contribution is 5.95. The molecule has 0 aliphatic carbocycles. The van der Waals surface area contributed by atoms with Crippen molar-refractivity contribution in [1.29, 1.82) is 0 Å². The number of likely N-dealkylation sites (N-methyl/N-ethyl adjacent to an activating group) is 1. The summed E-state index contributed by atoms with van der Waals surface area (Å²) in [6, 6.07) is 9.10. The van der Waals surface area contributed by atoms with Crippen molar-refractivity contribution in [2.75, 3.05) is 25.5 Å². The van der Waals surface area contributed by atoms with Crippen molar-refractivity contribution >= 4 is 17.5 Å². The Morgan fingerprint density at radius 1 is 1.37 bits per heavy atom. The molecule has 0 radical (unpaired) electrons. The van der Waals surface area contributed by atoms with Crippen LogP contribution in [0.25, 0.3) is 0 Å². The SMILES string of the molecule is CN(CC(=O)Nc1ccccc1)C(=O)[C@@H]1CCCN1. The molecular formula is C14H19N3O2. The molecule has 0 saturated carbocycles. The number of benzene rings is 1. The van der Waals surface area contributed by atoms with Crippen LogP contribution in [-0.4, -0.2) is 42.9 Å². The summed E-state index contributed by atoms with van der Waals surface area (Å²) in [7, 11) is 1.66. The number of hydrogen-bond acceptors (Lipinski definition) is 3. The number of nitrogens with one attached hydrogen (secondary N) is 2. The summed E-state index contributed by atoms with van der Waals surface area (Å²) in [4.78, 5) is 25.3. The second kappa shape index (κ2) is 6.33. The third-order valence-electron chi connectivity index (χ3n) is 3.17. The molecule has 1 saturated heterocycles. The predicted molar refractivity (Wildman–Crippen MR) is 73.7 cm³/mol. The van der Waals surface area contributed by atoms with Crippen LogP contribution in [0.15, 0.2) is 30.3 Å². The van der Waals surface area contributed by atoms with Gasteiger partial charge in [-0.25, -0.2) is 0 Å². The van der Waals surface area contributed by atoms with Crippen LogP contribution in [0.2, 0.25) is 0 Å². The molecule has 2 amide bonds. The largest absolute Gasteiger partial charge is 0.335 e. The molecule has 1 aromatic carbocycles. The maximum absolute atomic E-state index is 12.0. The average molecular weight is 261 g/mol. The molecule has 1 aliphatic rings. The lowest BCUT2D eigenvalue weighted by molar-refractivity contribution is -0.134. The van der Waals surface area contributed by atoms with Crippen LogP contribution in [0, 0.1) is 0 Å². The summed E-state index contributed by atoms with van der Waals surface area (Å²) >= 11 is 0. The first-order valence-electron chi connectivity index (χ1n) is 6.50. The Balaban J connectivity index is 1.83. The second-order valence-corrected chi connectivity index (χ2v) is 4.76. The lowest BCUT2D eigenvalue weighted by atomic mass is 10.2. The standard InChI is InChI=1S/C14H19N3O2/c1-17(14(19)12-8-5-9-15-12)10-13(18)16-11-6-3-2-4-7-11/h2-4,6-7,12,15H,5,8-10H2,1H3,(H,16,18)/t12-/m0/s1. The van der Waals surface area contributed by atoms with Crippen LogP contribution in [0.4, 0.5) is 5.69 Å². The van der Waals surface area contributed by atoms with Crippen LogP contribution in [0.5, 0.6) is 0 Å². The minimum atomic E-state index is -0.181. The monoisotopic (exact) mass is 261 g/mol. The molecule has 2 rings (SSSR count). The van der Waals surface area contributed by atoms with Gasteiger partial charge in [0.25, 0.3) is 0 Å². The van der Waals surface area contributed by atoms with E-state index in [2.05, 4.69) is 10.6 Å². The highest BCUT2D eigenvalue weighted by Crippen LogP contribution is 2.08. The number of rotatable bonds is 4. The van der Waals surface area contributed by atoms with Crippen molar-refractivity contribution in [2.45, 2.75) is 18.9 Å². The molecule has 0 bridgehead atoms. The van der Waals surface area contributed by atoms with E-state index in [1.165, 1.54) is 4.90 Å². The van der Waals surface area contributed by atoms with Gasteiger partial charge in [-0.15, -0.1) is 0 Å². The number of hydrogen-bond donors (Lipinski definition) is 2. The average Bonchev–Trinajstić information content (AvgIpc) is 2.92. The van der Waals surface area contributed by atoms with E-state index in [9.17, 15) is 9.59 Å². The molecule has 0 aromatic heterocycles. The van der Waals surface area contributed by atoms with Crippen molar-refractivity contribution < 1.29 is 9.59 Å². The van der Waals surface area contributed by atoms with Crippen LogP contribution in [-0.2, 0) is 9.59 Å². The molecule has 5 heteroatoms. The topological polar surface area (TPSA) is 61.4 Å². The molecule has 5 nitrogen and oxygen atoms in total. The third-order valence-corrected chi connectivity index (χ3v) is 3.17. The van der Waals surface area contributed by atoms with E-state index >= 15 is 0 Å². The minimum absolute atomic E-state index is 0.0132. The number of nitrogens with zero attached hydrogens (tertiary/aromatic N) is 1. The number of carbonyl (C=O) groups excluding carboxylic acids is 2. The van der Waals surface area contributed by atoms with Gasteiger partial charge in [0, 0.05) is 12.7 Å². The van der Waals surface area contributed by atoms with Gasteiger partial charge in [-0.05, 0) is 31.5 Å². The zero-order valence-corrected chi connectivity index (χ0v) is 11.1. The Kier molecular flexibility index (Phi) is 4.52. The molecular weight excluding hydrogens is 242 g/mol. The number of carbonyl (C=O) groups is 2. The fraction of sp³-hybridized carbons (Fsp3) is 0.429. The maximum atomic E-state index is 12.0. The first-order valence-corrected chi connectivity index (χ1v) is 6.50. The summed E-state index contributed by atoms with van der Waals surface area (Å²) in [6.45, 7) is 0.951. The quantitative estimate of drug-likeness (QED) is 0.844. The van der Waals surface area contributed by atoms with Gasteiger partial charge in [-0.2, -0.15) is 0 Å². The molecule has 0 unspecified atom stereocenters. The first kappa shape index (κ1) is 13.5. The van der Waals surface area contributed by atoms with Crippen molar-refractivity contribution in [3.8, 4) is 0 Å². The van der Waals surface area contributed by atoms with E-state index in [4.69, 9.17) is 0 Å². The molecule has 1 fully saturated rings. The molecule has 2 N–H and O–H groups in total. The zero-order chi connectivity index (χ0) is 13.7. The fourth-order valence-corrected chi connectivity index (χ4v) is 2.18. The molecule has 102 valence electrons. The Labute approximate surface area is 113 Å². The molecule has 1 aromatic rings. The summed E-state index contributed by atoms with van der Waals surface area (Å²) in [5.41, 5.74) is 0.743. The van der Waals surface area contributed by atoms with Gasteiger partial charge in [0.15, 0.2) is 0 Å². The lowest BCUT2D eigenvalue weighted by Gasteiger charge is -2.20. The first-order chi connectivity index (χ1) is 9.16. The van der Waals surface area contributed by atoms with E-state index in [-0.39, 0.29) is 24.4 Å². The van der Waals surface area contributed by atoms with Crippen LogP contribution in [0.3, 0.4) is 0 Å². The fourth-order valence-electron chi connectivity index (χ4n) is 2.18. The van der Waals surface area contributed by atoms with Crippen LogP contribution >= 0.6 is 0 Å². The summed E-state index contributed by atoms with van der Waals surface area (Å²) in [5, 5.41) is 5.90. The van der Waals surface area contributed by atoms with E-state index in [0.29, 0.717) is 0 Å². The van der Waals surface area contributed by atoms with E-state index in [1.54, 1.807) is 7.05 Å². The van der Waals surface area contributed by atoms with Crippen LogP contribution in [0.1, 0.15) is 12.8 Å². The zero-order valence-electron chi connectivity index (χ0n) is 11.1. The summed E-state index contributed by atoms with van der Waals surface area (Å²) in [6.07, 6.45) is 1.87. The Bertz CT molecular complexity index is 441. The molecule has 1 aliphatic heterocycles. The molecule has 19 heavy (non-hydrogen) atoms. The van der Waals surface area contributed by atoms with Gasteiger partial charge in [0.1, 0.15) is 0 Å². The van der Waals surface area contributed by atoms with Gasteiger partial charge < -0.3 is 15.5 Å². The van der Waals surface area contributed by atoms with Gasteiger partial charge in [-0.1, -0.05) is 18.2 Å². The third kappa shape index (κ3) is 3.79. The summed E-state index contributed by atoms with van der Waals surface area (Å²) < 4.78 is 0. The van der Waals surface area contributed by atoms with Crippen molar-refractivity contribution in [3.63, 3.8) is 0 Å². The van der Waals surface area contributed by atoms with E-state index < -0.39 is 0 Å². The Morgan fingerprint density at radius 2 is 2.11 bits per heavy atom. The van der Waals surface area contributed by atoms with Crippen molar-refractivity contribution in [2.24, 2.45) is 0 Å². The van der Waals surface area contributed by atoms with Gasteiger partial charge in [0.05, 0.1) is 12.6 Å². The second-order valence-electron chi connectivity index (χ2n) is 4.76. The Hall–Kier alpha value is -1.88. The number of amides is 2. The molecule has 1 heterocycles. The predicted octanol–water partition coefficient (Wildman–Crippen LogP) is 0.835. The van der Waals surface area contributed by atoms with E-state index in [0.717, 1.165) is 25.1 Å². The molecule has 1 atom stereocenters. The van der Waals surface area contributed by atoms with Gasteiger partial charge in [-0.3, -0.25) is 9.59 Å². The lowest BCUT2D eigenvalue weighted by Crippen LogP contribution is -2.44. The molecule has 0 spiro atoms. The normalized spacial score (nSPS) is 18.1. The number of anilines is 1. The summed E-state index contributed by atoms with van der Waals surface area (Å²) in [5.74, 6) is -0.194. The minimum Gasteiger partial charge on any atom is -0.335 e. The van der Waals surface area contributed by atoms with E-state index in [1.807, 2.05) is 30.3 Å². The maximum Gasteiger partial charge on any atom is 0.243 e. The van der Waals surface area contributed by atoms with Crippen molar-refractivity contribution in [1.82, 2.24) is 10.2 Å². The van der Waals surface area contributed by atoms with Crippen molar-refractivity contribution in [3.05, 3.63) is 30.3 Å². The van der Waals surface area contributed by atoms with Gasteiger partial charge in [0.2, 0.25) is 11.8 Å². The van der Waals surface area contributed by atoms with Gasteiger partial charge >= 0.3 is 0 Å². The highest BCUT2D eigenvalue weighted by atomic mass is 16.2. The highest BCUT2D eigenvalue weighted by Gasteiger charge is 2.25. The smallest absolute Gasteiger partial charge is 0.243 e. The Morgan fingerprint density at radius 3 is 2.74 bits per heavy atom. The van der Waals surface area contributed by atoms with Crippen LogP contribution < -0.4 is 10.6 Å². The number of para-hydroxylation sites is 1.